The van der Waals surface area contributed by atoms with Crippen molar-refractivity contribution in [3.05, 3.63) is 11.4 Å². The maximum Gasteiger partial charge on any atom is 0.540 e. The van der Waals surface area contributed by atoms with Gasteiger partial charge in [0.05, 0.1) is 0 Å². The number of nitrogens with two attached hydrogens (primary N) is 1. The Bertz CT molecular complexity index is 758. The Morgan fingerprint density at radius 2 is 1.70 bits per heavy atom. The Hall–Kier alpha value is -1.10. The predicted molar refractivity (Wildman–Crippen MR) is 53.3 cm³/mol. The highest BCUT2D eigenvalue weighted by Crippen LogP contribution is 2.83. The number of nitrogen functional groups attached to an aromatic ring is 1. The van der Waals surface area contributed by atoms with E-state index in [0.29, 0.717) is 0 Å². The van der Waals surface area contributed by atoms with Gasteiger partial charge in [-0.1, -0.05) is 0 Å². The molecular formula is C6H3N3O9P2. The molecule has 3 N–H and O–H groups in total. The third-order valence-electron chi connectivity index (χ3n) is 2.86. The average molecular weight is 323 g/mol. The van der Waals surface area contributed by atoms with Gasteiger partial charge < -0.3 is 15.4 Å². The minimum atomic E-state index is -3.90. The summed E-state index contributed by atoms with van der Waals surface area (Å²) >= 11 is 0. The highest BCUT2D eigenvalue weighted by molar-refractivity contribution is 7.51. The maximum absolute atomic E-state index is 11.6. The number of aromatic nitrogens is 2. The molecule has 0 amide bonds. The van der Waals surface area contributed by atoms with Crippen LogP contribution in [0.1, 0.15) is 11.4 Å². The van der Waals surface area contributed by atoms with Crippen molar-refractivity contribution in [3.8, 4) is 5.88 Å². The van der Waals surface area contributed by atoms with Gasteiger partial charge in [0.2, 0.25) is 11.7 Å². The molecule has 0 radical (unpaired) electrons. The van der Waals surface area contributed by atoms with Crippen LogP contribution in [0.3, 0.4) is 0 Å². The van der Waals surface area contributed by atoms with Gasteiger partial charge in [0.25, 0.3) is 0 Å². The monoisotopic (exact) mass is 323 g/mol. The third-order valence-corrected chi connectivity index (χ3v) is 5.59. The van der Waals surface area contributed by atoms with Crippen LogP contribution in [0.25, 0.3) is 0 Å². The number of hydrogen-bond acceptors (Lipinski definition) is 12. The highest BCUT2D eigenvalue weighted by atomic mass is 31.2. The average Bonchev–Trinajstić information content (AvgIpc) is 2.19. The molecule has 4 fully saturated rings. The minimum Gasteiger partial charge on any atom is -0.384 e. The third kappa shape index (κ3) is 1.12. The van der Waals surface area contributed by atoms with Crippen LogP contribution < -0.4 is 10.3 Å². The van der Waals surface area contributed by atoms with E-state index in [1.807, 2.05) is 0 Å². The summed E-state index contributed by atoms with van der Waals surface area (Å²) in [5.41, 5.74) is 5.40. The van der Waals surface area contributed by atoms with Crippen molar-refractivity contribution in [1.29, 1.82) is 0 Å². The van der Waals surface area contributed by atoms with Crippen molar-refractivity contribution >= 4 is 21.5 Å². The molecule has 7 rings (SSSR count). The molecule has 0 saturated carbocycles. The SMILES string of the molecule is Nc1nc(C23OP(=O)(O2)O3)nc2c1C1(O)OP(=O)(O2)O1. The zero-order chi connectivity index (χ0) is 14.0. The van der Waals surface area contributed by atoms with Crippen molar-refractivity contribution in [2.75, 3.05) is 5.73 Å². The molecule has 20 heavy (non-hydrogen) atoms. The fourth-order valence-corrected chi connectivity index (χ4v) is 4.48. The molecule has 4 saturated heterocycles. The van der Waals surface area contributed by atoms with Gasteiger partial charge in [-0.3, -0.25) is 0 Å². The second-order valence-electron chi connectivity index (χ2n) is 4.19. The standard InChI is InChI=1S/C6H3N3O9P2/c7-2-1-3(13-19(11)14-5(1,10)15-19)9-4(8-2)6-16-20(12,17-6)18-6/h10H,(H2,7,8,9). The van der Waals surface area contributed by atoms with E-state index in [9.17, 15) is 14.2 Å². The maximum atomic E-state index is 11.6. The lowest BCUT2D eigenvalue weighted by Crippen LogP contribution is -2.55. The Balaban J connectivity index is 1.66. The van der Waals surface area contributed by atoms with E-state index in [2.05, 4.69) is 19.0 Å². The van der Waals surface area contributed by atoms with Crippen LogP contribution in [0, 0.1) is 0 Å². The summed E-state index contributed by atoms with van der Waals surface area (Å²) in [6.07, 6.45) is 0. The quantitative estimate of drug-likeness (QED) is 0.666. The van der Waals surface area contributed by atoms with Crippen LogP contribution in [0.2, 0.25) is 0 Å². The van der Waals surface area contributed by atoms with Crippen LogP contribution in [0.15, 0.2) is 0 Å². The summed E-state index contributed by atoms with van der Waals surface area (Å²) in [7, 11) is -7.34. The van der Waals surface area contributed by atoms with Gasteiger partial charge in [-0.05, 0) is 0 Å². The van der Waals surface area contributed by atoms with Gasteiger partial charge >= 0.3 is 27.6 Å². The van der Waals surface area contributed by atoms with E-state index in [1.165, 1.54) is 0 Å². The molecule has 0 unspecified atom stereocenters. The fraction of sp³-hybridized carbons (Fsp3) is 0.333. The zero-order valence-corrected chi connectivity index (χ0v) is 10.9. The summed E-state index contributed by atoms with van der Waals surface area (Å²) in [5.74, 6) is -4.99. The van der Waals surface area contributed by atoms with Crippen molar-refractivity contribution in [2.24, 2.45) is 0 Å². The molecule has 1 aromatic rings. The molecular weight excluding hydrogens is 320 g/mol. The lowest BCUT2D eigenvalue weighted by molar-refractivity contribution is -0.445. The van der Waals surface area contributed by atoms with E-state index in [0.717, 1.165) is 0 Å². The molecule has 4 bridgehead atoms. The summed E-state index contributed by atoms with van der Waals surface area (Å²) in [4.78, 5) is 7.58. The van der Waals surface area contributed by atoms with Gasteiger partial charge in [-0.25, -0.2) is 36.7 Å². The number of aliphatic hydroxyl groups is 1. The zero-order valence-electron chi connectivity index (χ0n) is 9.08. The molecule has 0 aromatic carbocycles. The van der Waals surface area contributed by atoms with Gasteiger partial charge in [-0.15, -0.1) is 0 Å². The first-order valence-corrected chi connectivity index (χ1v) is 8.01. The molecule has 14 heteroatoms. The van der Waals surface area contributed by atoms with Crippen LogP contribution in [0.5, 0.6) is 5.88 Å². The van der Waals surface area contributed by atoms with Crippen molar-refractivity contribution < 1.29 is 41.4 Å². The molecule has 106 valence electrons. The number of hydrogen-bond donors (Lipinski definition) is 2. The van der Waals surface area contributed by atoms with Crippen molar-refractivity contribution in [2.45, 2.75) is 11.9 Å². The van der Waals surface area contributed by atoms with E-state index >= 15 is 0 Å². The molecule has 1 aromatic heterocycles. The van der Waals surface area contributed by atoms with E-state index in [4.69, 9.17) is 23.8 Å². The molecule has 7 heterocycles. The molecule has 0 spiro atoms. The van der Waals surface area contributed by atoms with Crippen LogP contribution in [0.4, 0.5) is 5.82 Å². The number of phosphoric acid groups is 2. The highest BCUT2D eigenvalue weighted by Gasteiger charge is 2.78. The molecule has 0 atom stereocenters. The lowest BCUT2D eigenvalue weighted by atomic mass is 10.2. The first-order valence-electron chi connectivity index (χ1n) is 5.09. The fourth-order valence-electron chi connectivity index (χ4n) is 2.09. The first-order chi connectivity index (χ1) is 9.25. The second kappa shape index (κ2) is 2.78. The predicted octanol–water partition coefficient (Wildman–Crippen LogP) is 0.00410. The molecule has 12 nitrogen and oxygen atoms in total. The van der Waals surface area contributed by atoms with Gasteiger partial charge in [0, 0.05) is 0 Å². The molecule has 0 aliphatic carbocycles. The first kappa shape index (κ1) is 11.5. The van der Waals surface area contributed by atoms with Crippen molar-refractivity contribution in [3.63, 3.8) is 0 Å². The Labute approximate surface area is 108 Å². The molecule has 6 aliphatic rings. The van der Waals surface area contributed by atoms with Gasteiger partial charge in [-0.2, -0.15) is 4.98 Å². The topological polar surface area (TPSA) is 162 Å². The minimum absolute atomic E-state index is 0.239. The Morgan fingerprint density at radius 3 is 2.30 bits per heavy atom. The number of anilines is 1. The van der Waals surface area contributed by atoms with Crippen molar-refractivity contribution in [1.82, 2.24) is 9.97 Å². The van der Waals surface area contributed by atoms with Crippen LogP contribution in [-0.2, 0) is 43.7 Å². The summed E-state index contributed by atoms with van der Waals surface area (Å²) in [6.45, 7) is 0. The molecule has 6 aliphatic heterocycles. The number of rotatable bonds is 1. The number of phosphoric ester groups is 2. The second-order valence-corrected chi connectivity index (χ2v) is 7.08. The van der Waals surface area contributed by atoms with E-state index in [-0.39, 0.29) is 23.1 Å². The summed E-state index contributed by atoms with van der Waals surface area (Å²) in [5, 5.41) is 9.86. The van der Waals surface area contributed by atoms with Gasteiger partial charge in [0.15, 0.2) is 0 Å². The smallest absolute Gasteiger partial charge is 0.384 e. The van der Waals surface area contributed by atoms with Crippen LogP contribution in [-0.4, -0.2) is 15.1 Å². The Morgan fingerprint density at radius 1 is 1.05 bits per heavy atom. The Kier molecular flexibility index (Phi) is 1.60. The van der Waals surface area contributed by atoms with E-state index < -0.39 is 27.6 Å². The van der Waals surface area contributed by atoms with E-state index in [1.54, 1.807) is 0 Å². The van der Waals surface area contributed by atoms with Crippen LogP contribution >= 0.6 is 15.6 Å². The summed E-state index contributed by atoms with van der Waals surface area (Å²) in [6, 6.07) is 0. The summed E-state index contributed by atoms with van der Waals surface area (Å²) < 4.78 is 51.3. The van der Waals surface area contributed by atoms with Gasteiger partial charge in [0.1, 0.15) is 11.4 Å². The normalized spacial score (nSPS) is 50.0. The number of nitrogens with zero attached hydrogens (tertiary/aromatic N) is 2. The lowest BCUT2D eigenvalue weighted by Gasteiger charge is -2.53. The largest absolute Gasteiger partial charge is 0.540 e.